The van der Waals surface area contributed by atoms with E-state index in [2.05, 4.69) is 20.7 Å². The zero-order valence-corrected chi connectivity index (χ0v) is 11.1. The summed E-state index contributed by atoms with van der Waals surface area (Å²) in [5, 5.41) is 0. The van der Waals surface area contributed by atoms with Gasteiger partial charge >= 0.3 is 5.97 Å². The third-order valence-electron chi connectivity index (χ3n) is 2.59. The number of methoxy groups -OCH3 is 1. The Balaban J connectivity index is 2.86. The summed E-state index contributed by atoms with van der Waals surface area (Å²) in [7, 11) is 1.39. The van der Waals surface area contributed by atoms with Gasteiger partial charge in [0.15, 0.2) is 0 Å². The summed E-state index contributed by atoms with van der Waals surface area (Å²) >= 11 is 3.47. The van der Waals surface area contributed by atoms with Crippen LogP contribution in [0.25, 0.3) is 0 Å². The van der Waals surface area contributed by atoms with Crippen molar-refractivity contribution in [3.63, 3.8) is 0 Å². The average Bonchev–Trinajstić information content (AvgIpc) is 2.29. The van der Waals surface area contributed by atoms with E-state index < -0.39 is 0 Å². The maximum atomic E-state index is 11.2. The molecule has 0 aliphatic carbocycles. The van der Waals surface area contributed by atoms with Crippen LogP contribution in [0.3, 0.4) is 0 Å². The first kappa shape index (κ1) is 13.2. The Morgan fingerprint density at radius 2 is 2.25 bits per heavy atom. The largest absolute Gasteiger partial charge is 0.469 e. The lowest BCUT2D eigenvalue weighted by molar-refractivity contribution is -0.141. The molecule has 0 amide bonds. The van der Waals surface area contributed by atoms with Crippen molar-refractivity contribution in [1.82, 2.24) is 0 Å². The zero-order chi connectivity index (χ0) is 12.1. The molecule has 0 aliphatic rings. The number of halogens is 1. The van der Waals surface area contributed by atoms with Gasteiger partial charge in [0.2, 0.25) is 0 Å². The second-order valence-corrected chi connectivity index (χ2v) is 4.58. The molecule has 0 saturated carbocycles. The number of carbonyl (C=O) groups excluding carboxylic acids is 1. The van der Waals surface area contributed by atoms with Crippen molar-refractivity contribution >= 4 is 21.9 Å². The topological polar surface area (TPSA) is 52.3 Å². The van der Waals surface area contributed by atoms with Crippen LogP contribution in [0, 0.1) is 6.92 Å². The van der Waals surface area contributed by atoms with Crippen LogP contribution >= 0.6 is 15.9 Å². The molecule has 1 unspecified atom stereocenters. The molecular formula is C12H16BrNO2. The molecule has 1 atom stereocenters. The van der Waals surface area contributed by atoms with Gasteiger partial charge in [-0.05, 0) is 30.7 Å². The SMILES string of the molecule is COC(=O)CC(CN)c1ccc(C)c(Br)c1. The molecule has 0 aromatic heterocycles. The lowest BCUT2D eigenvalue weighted by atomic mass is 9.95. The zero-order valence-electron chi connectivity index (χ0n) is 9.50. The average molecular weight is 286 g/mol. The van der Waals surface area contributed by atoms with Gasteiger partial charge < -0.3 is 10.5 Å². The normalized spacial score (nSPS) is 12.2. The summed E-state index contributed by atoms with van der Waals surface area (Å²) in [5.41, 5.74) is 7.90. The minimum Gasteiger partial charge on any atom is -0.469 e. The predicted octanol–water partition coefficient (Wildman–Crippen LogP) is 2.36. The van der Waals surface area contributed by atoms with Crippen LogP contribution in [0.1, 0.15) is 23.5 Å². The Morgan fingerprint density at radius 3 is 2.75 bits per heavy atom. The Labute approximate surface area is 104 Å². The van der Waals surface area contributed by atoms with Crippen LogP contribution in [-0.4, -0.2) is 19.6 Å². The summed E-state index contributed by atoms with van der Waals surface area (Å²) in [6, 6.07) is 6.02. The number of ether oxygens (including phenoxy) is 1. The Kier molecular flexibility index (Phi) is 4.96. The molecule has 88 valence electrons. The van der Waals surface area contributed by atoms with Gasteiger partial charge in [-0.3, -0.25) is 4.79 Å². The highest BCUT2D eigenvalue weighted by molar-refractivity contribution is 9.10. The van der Waals surface area contributed by atoms with Gasteiger partial charge in [-0.15, -0.1) is 0 Å². The molecule has 0 fully saturated rings. The fourth-order valence-electron chi connectivity index (χ4n) is 1.48. The highest BCUT2D eigenvalue weighted by atomic mass is 79.9. The smallest absolute Gasteiger partial charge is 0.306 e. The number of hydrogen-bond acceptors (Lipinski definition) is 3. The molecular weight excluding hydrogens is 270 g/mol. The first-order chi connectivity index (χ1) is 7.58. The molecule has 16 heavy (non-hydrogen) atoms. The highest BCUT2D eigenvalue weighted by Crippen LogP contribution is 2.24. The number of esters is 1. The third-order valence-corrected chi connectivity index (χ3v) is 3.45. The molecule has 0 saturated heterocycles. The summed E-state index contributed by atoms with van der Waals surface area (Å²) in [6.45, 7) is 2.45. The predicted molar refractivity (Wildman–Crippen MR) is 67.3 cm³/mol. The van der Waals surface area contributed by atoms with Crippen LogP contribution in [0.5, 0.6) is 0 Å². The van der Waals surface area contributed by atoms with E-state index in [-0.39, 0.29) is 11.9 Å². The molecule has 2 N–H and O–H groups in total. The van der Waals surface area contributed by atoms with Gasteiger partial charge in [-0.2, -0.15) is 0 Å². The first-order valence-electron chi connectivity index (χ1n) is 5.11. The lowest BCUT2D eigenvalue weighted by Gasteiger charge is -2.14. The molecule has 0 radical (unpaired) electrons. The molecule has 4 heteroatoms. The number of rotatable bonds is 4. The monoisotopic (exact) mass is 285 g/mol. The third kappa shape index (κ3) is 3.32. The van der Waals surface area contributed by atoms with Crippen molar-refractivity contribution in [2.24, 2.45) is 5.73 Å². The van der Waals surface area contributed by atoms with E-state index >= 15 is 0 Å². The summed E-state index contributed by atoms with van der Waals surface area (Å²) in [5.74, 6) is -0.212. The maximum absolute atomic E-state index is 11.2. The minimum atomic E-state index is -0.229. The van der Waals surface area contributed by atoms with Gasteiger partial charge in [-0.25, -0.2) is 0 Å². The van der Waals surface area contributed by atoms with E-state index in [1.807, 2.05) is 25.1 Å². The van der Waals surface area contributed by atoms with Crippen LogP contribution in [0.2, 0.25) is 0 Å². The van der Waals surface area contributed by atoms with E-state index in [4.69, 9.17) is 5.73 Å². The molecule has 1 rings (SSSR count). The second kappa shape index (κ2) is 6.01. The molecule has 0 heterocycles. The highest BCUT2D eigenvalue weighted by Gasteiger charge is 2.15. The van der Waals surface area contributed by atoms with Crippen LogP contribution in [0.4, 0.5) is 0 Å². The van der Waals surface area contributed by atoms with Gasteiger partial charge in [0.1, 0.15) is 0 Å². The standard InChI is InChI=1S/C12H16BrNO2/c1-8-3-4-9(5-11(8)13)10(7-14)6-12(15)16-2/h3-5,10H,6-7,14H2,1-2H3. The lowest BCUT2D eigenvalue weighted by Crippen LogP contribution is -2.17. The van der Waals surface area contributed by atoms with Crippen LogP contribution in [0.15, 0.2) is 22.7 Å². The van der Waals surface area contributed by atoms with Gasteiger partial charge in [-0.1, -0.05) is 28.1 Å². The van der Waals surface area contributed by atoms with Gasteiger partial charge in [0.25, 0.3) is 0 Å². The second-order valence-electron chi connectivity index (χ2n) is 3.72. The fraction of sp³-hybridized carbons (Fsp3) is 0.417. The quantitative estimate of drug-likeness (QED) is 0.864. The molecule has 0 bridgehead atoms. The molecule has 1 aromatic rings. The maximum Gasteiger partial charge on any atom is 0.306 e. The summed E-state index contributed by atoms with van der Waals surface area (Å²) in [4.78, 5) is 11.2. The van der Waals surface area contributed by atoms with Crippen molar-refractivity contribution in [1.29, 1.82) is 0 Å². The van der Waals surface area contributed by atoms with Crippen LogP contribution < -0.4 is 5.73 Å². The molecule has 0 aliphatic heterocycles. The van der Waals surface area contributed by atoms with E-state index in [0.29, 0.717) is 13.0 Å². The number of nitrogens with two attached hydrogens (primary N) is 1. The van der Waals surface area contributed by atoms with E-state index in [1.165, 1.54) is 7.11 Å². The fourth-order valence-corrected chi connectivity index (χ4v) is 1.88. The number of carbonyl (C=O) groups is 1. The Bertz CT molecular complexity index is 379. The van der Waals surface area contributed by atoms with E-state index in [1.54, 1.807) is 0 Å². The molecule has 0 spiro atoms. The van der Waals surface area contributed by atoms with Gasteiger partial charge in [0.05, 0.1) is 13.5 Å². The van der Waals surface area contributed by atoms with Crippen molar-refractivity contribution in [2.45, 2.75) is 19.3 Å². The molecule has 3 nitrogen and oxygen atoms in total. The van der Waals surface area contributed by atoms with Crippen molar-refractivity contribution < 1.29 is 9.53 Å². The Hall–Kier alpha value is -0.870. The summed E-state index contributed by atoms with van der Waals surface area (Å²) < 4.78 is 5.69. The van der Waals surface area contributed by atoms with E-state index in [0.717, 1.165) is 15.6 Å². The molecule has 1 aromatic carbocycles. The van der Waals surface area contributed by atoms with Crippen molar-refractivity contribution in [3.8, 4) is 0 Å². The van der Waals surface area contributed by atoms with E-state index in [9.17, 15) is 4.79 Å². The number of hydrogen-bond donors (Lipinski definition) is 1. The Morgan fingerprint density at radius 1 is 1.56 bits per heavy atom. The minimum absolute atomic E-state index is 0.0179. The van der Waals surface area contributed by atoms with Crippen molar-refractivity contribution in [3.05, 3.63) is 33.8 Å². The first-order valence-corrected chi connectivity index (χ1v) is 5.90. The number of benzene rings is 1. The van der Waals surface area contributed by atoms with Crippen LogP contribution in [-0.2, 0) is 9.53 Å². The van der Waals surface area contributed by atoms with Gasteiger partial charge in [0, 0.05) is 10.4 Å². The summed E-state index contributed by atoms with van der Waals surface area (Å²) in [6.07, 6.45) is 0.322. The number of aryl methyl sites for hydroxylation is 1. The van der Waals surface area contributed by atoms with Crippen molar-refractivity contribution in [2.75, 3.05) is 13.7 Å².